The third kappa shape index (κ3) is 17.1. The molecule has 0 saturated carbocycles. The number of allylic oxidation sites excluding steroid dienone is 3. The van der Waals surface area contributed by atoms with Crippen molar-refractivity contribution in [3.63, 3.8) is 0 Å². The third-order valence-electron chi connectivity index (χ3n) is 6.61. The van der Waals surface area contributed by atoms with E-state index >= 15 is 0 Å². The van der Waals surface area contributed by atoms with Crippen LogP contribution in [0.1, 0.15) is 105 Å². The van der Waals surface area contributed by atoms with Gasteiger partial charge in [0.15, 0.2) is 0 Å². The standard InChI is InChI=1S/C27H52S3/c1-6-8-9-10-13-26(29)14-11-12-15-27(30)17-16-24(7-2)21-25(18-19-28)20-23(5)22(3)4/h7-9,22-30H,2,6,10-21H2,1,3-5H3/b9-8+. The highest BCUT2D eigenvalue weighted by atomic mass is 32.1. The van der Waals surface area contributed by atoms with Gasteiger partial charge in [-0.1, -0.05) is 58.8 Å². The molecule has 0 amide bonds. The Balaban J connectivity index is 4.10. The molecule has 5 atom stereocenters. The molecule has 0 bridgehead atoms. The summed E-state index contributed by atoms with van der Waals surface area (Å²) in [6, 6.07) is 0. The normalized spacial score (nSPS) is 17.2. The quantitative estimate of drug-likeness (QED) is 0.0876. The molecule has 0 saturated heterocycles. The molecular formula is C27H52S3. The first-order valence-corrected chi connectivity index (χ1v) is 14.2. The van der Waals surface area contributed by atoms with Crippen LogP contribution in [-0.2, 0) is 0 Å². The van der Waals surface area contributed by atoms with Gasteiger partial charge in [-0.25, -0.2) is 0 Å². The SMILES string of the molecule is C=CC(CCC(S)CCCCC(S)CC/C=C/CC)CC(CCS)CC(C)C(C)C. The van der Waals surface area contributed by atoms with Crippen LogP contribution >= 0.6 is 37.9 Å². The second kappa shape index (κ2) is 20.2. The maximum absolute atomic E-state index is 4.89. The lowest BCUT2D eigenvalue weighted by atomic mass is 9.81. The fraction of sp³-hybridized carbons (Fsp3) is 0.852. The summed E-state index contributed by atoms with van der Waals surface area (Å²) in [6.07, 6.45) is 21.6. The third-order valence-corrected chi connectivity index (χ3v) is 7.91. The van der Waals surface area contributed by atoms with Crippen molar-refractivity contribution >= 4 is 37.9 Å². The first-order valence-electron chi connectivity index (χ1n) is 12.6. The molecule has 30 heavy (non-hydrogen) atoms. The van der Waals surface area contributed by atoms with Crippen LogP contribution in [0.3, 0.4) is 0 Å². The smallest absolute Gasteiger partial charge is 0.00197 e. The summed E-state index contributed by atoms with van der Waals surface area (Å²) in [6.45, 7) is 13.4. The van der Waals surface area contributed by atoms with Crippen LogP contribution in [0, 0.1) is 23.7 Å². The maximum atomic E-state index is 4.89. The van der Waals surface area contributed by atoms with Crippen LogP contribution in [0.15, 0.2) is 24.8 Å². The first-order chi connectivity index (χ1) is 14.3. The largest absolute Gasteiger partial charge is 0.179 e. The Hall–Kier alpha value is 0.530. The van der Waals surface area contributed by atoms with E-state index in [-0.39, 0.29) is 0 Å². The van der Waals surface area contributed by atoms with E-state index in [0.717, 1.165) is 29.9 Å². The number of hydrogen-bond donors (Lipinski definition) is 3. The molecule has 5 unspecified atom stereocenters. The minimum atomic E-state index is 0.524. The van der Waals surface area contributed by atoms with Crippen molar-refractivity contribution in [2.75, 3.05) is 5.75 Å². The Bertz CT molecular complexity index is 418. The fourth-order valence-electron chi connectivity index (χ4n) is 4.10. The Morgan fingerprint density at radius 1 is 0.800 bits per heavy atom. The van der Waals surface area contributed by atoms with E-state index in [4.69, 9.17) is 25.3 Å². The lowest BCUT2D eigenvalue weighted by Gasteiger charge is -2.26. The number of rotatable bonds is 20. The van der Waals surface area contributed by atoms with Gasteiger partial charge in [-0.2, -0.15) is 37.9 Å². The highest BCUT2D eigenvalue weighted by molar-refractivity contribution is 7.81. The van der Waals surface area contributed by atoms with Gasteiger partial charge in [-0.3, -0.25) is 0 Å². The van der Waals surface area contributed by atoms with Gasteiger partial charge in [-0.05, 0) is 93.6 Å². The molecule has 0 nitrogen and oxygen atoms in total. The molecule has 0 aliphatic carbocycles. The summed E-state index contributed by atoms with van der Waals surface area (Å²) in [5.41, 5.74) is 0. The topological polar surface area (TPSA) is 0 Å². The Morgan fingerprint density at radius 3 is 1.97 bits per heavy atom. The molecular weight excluding hydrogens is 420 g/mol. The zero-order valence-electron chi connectivity index (χ0n) is 20.4. The summed E-state index contributed by atoms with van der Waals surface area (Å²) in [5.74, 6) is 3.95. The van der Waals surface area contributed by atoms with E-state index in [9.17, 15) is 0 Å². The van der Waals surface area contributed by atoms with E-state index in [0.29, 0.717) is 16.4 Å². The average Bonchev–Trinajstić information content (AvgIpc) is 2.71. The molecule has 0 heterocycles. The number of thiol groups is 3. The van der Waals surface area contributed by atoms with Crippen LogP contribution in [0.2, 0.25) is 0 Å². The highest BCUT2D eigenvalue weighted by Gasteiger charge is 2.19. The van der Waals surface area contributed by atoms with Gasteiger partial charge < -0.3 is 0 Å². The number of hydrogen-bond acceptors (Lipinski definition) is 3. The lowest BCUT2D eigenvalue weighted by molar-refractivity contribution is 0.278. The van der Waals surface area contributed by atoms with Crippen LogP contribution in [0.5, 0.6) is 0 Å². The van der Waals surface area contributed by atoms with Crippen molar-refractivity contribution in [1.82, 2.24) is 0 Å². The number of unbranched alkanes of at least 4 members (excludes halogenated alkanes) is 1. The average molecular weight is 473 g/mol. The predicted octanol–water partition coefficient (Wildman–Crippen LogP) is 9.48. The van der Waals surface area contributed by atoms with Crippen molar-refractivity contribution in [3.05, 3.63) is 24.8 Å². The molecule has 0 aliphatic rings. The minimum Gasteiger partial charge on any atom is -0.179 e. The zero-order valence-corrected chi connectivity index (χ0v) is 23.1. The van der Waals surface area contributed by atoms with Gasteiger partial charge in [0.2, 0.25) is 0 Å². The van der Waals surface area contributed by atoms with Gasteiger partial charge in [0.1, 0.15) is 0 Å². The van der Waals surface area contributed by atoms with Crippen LogP contribution in [0.4, 0.5) is 0 Å². The van der Waals surface area contributed by atoms with Crippen LogP contribution < -0.4 is 0 Å². The molecule has 0 aliphatic heterocycles. The molecule has 3 heteroatoms. The van der Waals surface area contributed by atoms with E-state index in [1.54, 1.807) is 0 Å². The summed E-state index contributed by atoms with van der Waals surface area (Å²) in [5, 5.41) is 1.07. The first kappa shape index (κ1) is 30.5. The molecule has 0 aromatic carbocycles. The van der Waals surface area contributed by atoms with Gasteiger partial charge in [0.25, 0.3) is 0 Å². The molecule has 0 aromatic heterocycles. The molecule has 0 radical (unpaired) electrons. The second-order valence-electron chi connectivity index (χ2n) is 9.69. The van der Waals surface area contributed by atoms with Crippen LogP contribution in [-0.4, -0.2) is 16.3 Å². The Labute approximate surface area is 206 Å². The zero-order chi connectivity index (χ0) is 22.8. The van der Waals surface area contributed by atoms with Gasteiger partial charge in [0, 0.05) is 10.5 Å². The van der Waals surface area contributed by atoms with Crippen molar-refractivity contribution in [3.8, 4) is 0 Å². The highest BCUT2D eigenvalue weighted by Crippen LogP contribution is 2.30. The van der Waals surface area contributed by atoms with E-state index in [2.05, 4.69) is 65.1 Å². The molecule has 0 rings (SSSR count). The van der Waals surface area contributed by atoms with Crippen molar-refractivity contribution in [1.29, 1.82) is 0 Å². The van der Waals surface area contributed by atoms with Gasteiger partial charge >= 0.3 is 0 Å². The predicted molar refractivity (Wildman–Crippen MR) is 151 cm³/mol. The molecule has 0 N–H and O–H groups in total. The molecule has 0 aromatic rings. The Kier molecular flexibility index (Phi) is 20.5. The second-order valence-corrected chi connectivity index (χ2v) is 11.6. The monoisotopic (exact) mass is 472 g/mol. The van der Waals surface area contributed by atoms with Crippen LogP contribution in [0.25, 0.3) is 0 Å². The lowest BCUT2D eigenvalue weighted by Crippen LogP contribution is -2.16. The summed E-state index contributed by atoms with van der Waals surface area (Å²) >= 11 is 14.2. The minimum absolute atomic E-state index is 0.524. The molecule has 0 spiro atoms. The summed E-state index contributed by atoms with van der Waals surface area (Å²) < 4.78 is 0. The van der Waals surface area contributed by atoms with Crippen molar-refractivity contribution < 1.29 is 0 Å². The fourth-order valence-corrected chi connectivity index (χ4v) is 5.13. The van der Waals surface area contributed by atoms with E-state index in [1.807, 2.05) is 0 Å². The van der Waals surface area contributed by atoms with Gasteiger partial charge in [0.05, 0.1) is 0 Å². The molecule has 0 fully saturated rings. The maximum Gasteiger partial charge on any atom is 0.00197 e. The van der Waals surface area contributed by atoms with Crippen molar-refractivity contribution in [2.24, 2.45) is 23.7 Å². The summed E-state index contributed by atoms with van der Waals surface area (Å²) in [7, 11) is 0. The van der Waals surface area contributed by atoms with E-state index in [1.165, 1.54) is 70.6 Å². The van der Waals surface area contributed by atoms with Gasteiger partial charge in [-0.15, -0.1) is 6.58 Å². The molecule has 178 valence electrons. The summed E-state index contributed by atoms with van der Waals surface area (Å²) in [4.78, 5) is 0. The van der Waals surface area contributed by atoms with Crippen molar-refractivity contribution in [2.45, 2.75) is 115 Å². The van der Waals surface area contributed by atoms with E-state index < -0.39 is 0 Å². The Morgan fingerprint density at radius 2 is 1.43 bits per heavy atom.